The number of halogens is 1. The molecule has 0 aliphatic carbocycles. The molecule has 0 spiro atoms. The molecular weight excluding hydrogens is 321 g/mol. The Hall–Kier alpha value is -3.02. The summed E-state index contributed by atoms with van der Waals surface area (Å²) in [6.07, 6.45) is 2.79. The van der Waals surface area contributed by atoms with E-state index in [1.165, 1.54) is 19.1 Å². The molecule has 0 saturated carbocycles. The van der Waals surface area contributed by atoms with Gasteiger partial charge in [0.15, 0.2) is 0 Å². The first-order valence-electron chi connectivity index (χ1n) is 7.95. The largest absolute Gasteiger partial charge is 0.457 e. The maximum atomic E-state index is 13.3. The number of benzene rings is 2. The van der Waals surface area contributed by atoms with E-state index in [1.54, 1.807) is 29.2 Å². The van der Waals surface area contributed by atoms with Gasteiger partial charge in [-0.2, -0.15) is 0 Å². The van der Waals surface area contributed by atoms with E-state index in [4.69, 9.17) is 4.74 Å². The summed E-state index contributed by atoms with van der Waals surface area (Å²) in [4.78, 5) is 11.7. The molecule has 3 rings (SSSR count). The summed E-state index contributed by atoms with van der Waals surface area (Å²) in [6, 6.07) is 15.7. The molecule has 2 aromatic carbocycles. The van der Waals surface area contributed by atoms with Gasteiger partial charge in [-0.1, -0.05) is 47.7 Å². The fourth-order valence-electron chi connectivity index (χ4n) is 2.82. The van der Waals surface area contributed by atoms with E-state index in [-0.39, 0.29) is 11.7 Å². The molecule has 0 fully saturated rings. The van der Waals surface area contributed by atoms with Crippen molar-refractivity contribution in [2.45, 2.75) is 25.5 Å². The first kappa shape index (κ1) is 16.8. The molecule has 0 amide bonds. The van der Waals surface area contributed by atoms with Crippen LogP contribution in [-0.2, 0) is 16.1 Å². The Morgan fingerprint density at radius 2 is 1.84 bits per heavy atom. The quantitative estimate of drug-likeness (QED) is 0.645. The summed E-state index contributed by atoms with van der Waals surface area (Å²) < 4.78 is 20.6. The van der Waals surface area contributed by atoms with Gasteiger partial charge in [-0.05, 0) is 23.3 Å². The SMILES string of the molecule is CC(=O)O[C@@H](c1ccc(F)cc1)[C@@H](Cn1ccnn1)c1ccccc1. The minimum absolute atomic E-state index is 0.197. The average Bonchev–Trinajstić information content (AvgIpc) is 3.12. The van der Waals surface area contributed by atoms with Crippen molar-refractivity contribution in [3.8, 4) is 0 Å². The highest BCUT2D eigenvalue weighted by Gasteiger charge is 2.28. The van der Waals surface area contributed by atoms with Crippen molar-refractivity contribution in [3.05, 3.63) is 83.9 Å². The van der Waals surface area contributed by atoms with Gasteiger partial charge in [-0.15, -0.1) is 5.10 Å². The van der Waals surface area contributed by atoms with Crippen molar-refractivity contribution in [1.29, 1.82) is 0 Å². The van der Waals surface area contributed by atoms with Crippen LogP contribution in [0.4, 0.5) is 4.39 Å². The Labute approximate surface area is 145 Å². The molecule has 6 heteroatoms. The number of aromatic nitrogens is 3. The van der Waals surface area contributed by atoms with Crippen LogP contribution in [0.2, 0.25) is 0 Å². The van der Waals surface area contributed by atoms with Gasteiger partial charge in [-0.25, -0.2) is 4.39 Å². The van der Waals surface area contributed by atoms with Gasteiger partial charge in [0.05, 0.1) is 12.7 Å². The number of carbonyl (C=O) groups excluding carboxylic acids is 1. The normalized spacial score (nSPS) is 13.2. The van der Waals surface area contributed by atoms with Gasteiger partial charge in [0.25, 0.3) is 0 Å². The number of esters is 1. The predicted molar refractivity (Wildman–Crippen MR) is 90.1 cm³/mol. The monoisotopic (exact) mass is 339 g/mol. The highest BCUT2D eigenvalue weighted by Crippen LogP contribution is 2.35. The van der Waals surface area contributed by atoms with Crippen LogP contribution in [0.1, 0.15) is 30.1 Å². The van der Waals surface area contributed by atoms with Gasteiger partial charge in [-0.3, -0.25) is 9.48 Å². The van der Waals surface area contributed by atoms with Crippen LogP contribution in [0.3, 0.4) is 0 Å². The van der Waals surface area contributed by atoms with Gasteiger partial charge < -0.3 is 4.74 Å². The topological polar surface area (TPSA) is 57.0 Å². The molecule has 25 heavy (non-hydrogen) atoms. The second kappa shape index (κ2) is 7.70. The highest BCUT2D eigenvalue weighted by molar-refractivity contribution is 5.66. The molecule has 0 aliphatic heterocycles. The summed E-state index contributed by atoms with van der Waals surface area (Å²) in [5.74, 6) is -0.927. The second-order valence-corrected chi connectivity index (χ2v) is 5.72. The number of carbonyl (C=O) groups is 1. The number of ether oxygens (including phenoxy) is 1. The van der Waals surface area contributed by atoms with Crippen molar-refractivity contribution in [3.63, 3.8) is 0 Å². The molecule has 3 aromatic rings. The first-order chi connectivity index (χ1) is 12.1. The third-order valence-electron chi connectivity index (χ3n) is 3.94. The fraction of sp³-hybridized carbons (Fsp3) is 0.211. The molecule has 0 aliphatic rings. The van der Waals surface area contributed by atoms with Crippen molar-refractivity contribution >= 4 is 5.97 Å². The average molecular weight is 339 g/mol. The van der Waals surface area contributed by atoms with Crippen molar-refractivity contribution < 1.29 is 13.9 Å². The molecule has 5 nitrogen and oxygen atoms in total. The maximum absolute atomic E-state index is 13.3. The first-order valence-corrected chi connectivity index (χ1v) is 7.95. The lowest BCUT2D eigenvalue weighted by Crippen LogP contribution is -2.22. The van der Waals surface area contributed by atoms with Gasteiger partial charge in [0.2, 0.25) is 0 Å². The highest BCUT2D eigenvalue weighted by atomic mass is 19.1. The summed E-state index contributed by atoms with van der Waals surface area (Å²) in [6.45, 7) is 1.84. The van der Waals surface area contributed by atoms with E-state index in [9.17, 15) is 9.18 Å². The predicted octanol–water partition coefficient (Wildman–Crippen LogP) is 3.51. The third kappa shape index (κ3) is 4.29. The van der Waals surface area contributed by atoms with Crippen LogP contribution >= 0.6 is 0 Å². The molecular formula is C19H18FN3O2. The van der Waals surface area contributed by atoms with Crippen LogP contribution in [0.15, 0.2) is 67.0 Å². The summed E-state index contributed by atoms with van der Waals surface area (Å²) in [5, 5.41) is 7.85. The summed E-state index contributed by atoms with van der Waals surface area (Å²) in [5.41, 5.74) is 1.72. The second-order valence-electron chi connectivity index (χ2n) is 5.72. The van der Waals surface area contributed by atoms with E-state index in [0.29, 0.717) is 6.54 Å². The lowest BCUT2D eigenvalue weighted by atomic mass is 9.88. The molecule has 128 valence electrons. The number of rotatable bonds is 6. The zero-order valence-corrected chi connectivity index (χ0v) is 13.7. The molecule has 0 N–H and O–H groups in total. The molecule has 1 aromatic heterocycles. The van der Waals surface area contributed by atoms with E-state index in [1.807, 2.05) is 30.3 Å². The van der Waals surface area contributed by atoms with E-state index in [2.05, 4.69) is 10.3 Å². The smallest absolute Gasteiger partial charge is 0.303 e. The number of hydrogen-bond acceptors (Lipinski definition) is 4. The Morgan fingerprint density at radius 1 is 1.12 bits per heavy atom. The van der Waals surface area contributed by atoms with Crippen LogP contribution in [0, 0.1) is 5.82 Å². The molecule has 0 unspecified atom stereocenters. The Bertz CT molecular complexity index is 804. The Balaban J connectivity index is 2.01. The Morgan fingerprint density at radius 3 is 2.44 bits per heavy atom. The van der Waals surface area contributed by atoms with E-state index < -0.39 is 12.1 Å². The van der Waals surface area contributed by atoms with Crippen LogP contribution < -0.4 is 0 Å². The minimum atomic E-state index is -0.565. The number of nitrogens with zero attached hydrogens (tertiary/aromatic N) is 3. The van der Waals surface area contributed by atoms with Gasteiger partial charge in [0.1, 0.15) is 11.9 Å². The molecule has 2 atom stereocenters. The van der Waals surface area contributed by atoms with Crippen molar-refractivity contribution in [1.82, 2.24) is 15.0 Å². The van der Waals surface area contributed by atoms with Gasteiger partial charge in [0, 0.05) is 19.0 Å². The molecule has 0 radical (unpaired) electrons. The van der Waals surface area contributed by atoms with E-state index in [0.717, 1.165) is 11.1 Å². The summed E-state index contributed by atoms with van der Waals surface area (Å²) >= 11 is 0. The van der Waals surface area contributed by atoms with E-state index >= 15 is 0 Å². The zero-order valence-electron chi connectivity index (χ0n) is 13.7. The lowest BCUT2D eigenvalue weighted by Gasteiger charge is -2.27. The molecule has 0 saturated heterocycles. The molecule has 1 heterocycles. The maximum Gasteiger partial charge on any atom is 0.303 e. The number of hydrogen-bond donors (Lipinski definition) is 0. The third-order valence-corrected chi connectivity index (χ3v) is 3.94. The molecule has 0 bridgehead atoms. The minimum Gasteiger partial charge on any atom is -0.457 e. The zero-order chi connectivity index (χ0) is 17.6. The fourth-order valence-corrected chi connectivity index (χ4v) is 2.82. The van der Waals surface area contributed by atoms with Gasteiger partial charge >= 0.3 is 5.97 Å². The summed E-state index contributed by atoms with van der Waals surface area (Å²) in [7, 11) is 0. The standard InChI is InChI=1S/C19H18FN3O2/c1-14(24)25-19(16-7-9-17(20)10-8-16)18(13-23-12-11-21-22-23)15-5-3-2-4-6-15/h2-12,18-19H,13H2,1H3/t18-,19-/m0/s1. The van der Waals surface area contributed by atoms with Crippen molar-refractivity contribution in [2.75, 3.05) is 0 Å². The Kier molecular flexibility index (Phi) is 5.18. The van der Waals surface area contributed by atoms with Crippen molar-refractivity contribution in [2.24, 2.45) is 0 Å². The van der Waals surface area contributed by atoms with Crippen LogP contribution in [0.25, 0.3) is 0 Å². The van der Waals surface area contributed by atoms with Crippen LogP contribution in [0.5, 0.6) is 0 Å². The van der Waals surface area contributed by atoms with Crippen LogP contribution in [-0.4, -0.2) is 21.0 Å². The lowest BCUT2D eigenvalue weighted by molar-refractivity contribution is -0.148.